The minimum atomic E-state index is -2.76. The van der Waals surface area contributed by atoms with Crippen LogP contribution in [0.4, 0.5) is 8.78 Å². The summed E-state index contributed by atoms with van der Waals surface area (Å²) in [5, 5.41) is 2.71. The van der Waals surface area contributed by atoms with Crippen LogP contribution in [0, 0.1) is 0 Å². The topological polar surface area (TPSA) is 65.4 Å². The van der Waals surface area contributed by atoms with Gasteiger partial charge < -0.3 is 14.8 Å². The van der Waals surface area contributed by atoms with E-state index >= 15 is 0 Å². The molecule has 0 saturated carbocycles. The third-order valence-corrected chi connectivity index (χ3v) is 4.19. The fourth-order valence-electron chi connectivity index (χ4n) is 2.96. The molecule has 1 aliphatic rings. The number of ether oxygens (including phenoxy) is 2. The van der Waals surface area contributed by atoms with Gasteiger partial charge in [-0.25, -0.2) is 4.98 Å². The van der Waals surface area contributed by atoms with Gasteiger partial charge in [-0.1, -0.05) is 12.1 Å². The van der Waals surface area contributed by atoms with E-state index in [1.165, 1.54) is 0 Å². The molecule has 0 spiro atoms. The molecule has 0 aliphatic carbocycles. The molecule has 2 heterocycles. The third-order valence-electron chi connectivity index (χ3n) is 4.19. The molecule has 1 amide bonds. The van der Waals surface area contributed by atoms with Crippen molar-refractivity contribution in [1.82, 2.24) is 14.9 Å². The maximum atomic E-state index is 13.5. The Morgan fingerprint density at radius 1 is 1.19 bits per heavy atom. The largest absolute Gasteiger partial charge is 0.454 e. The number of fused-ring (bicyclic) bond motifs is 2. The van der Waals surface area contributed by atoms with Crippen LogP contribution >= 0.6 is 0 Å². The molecule has 0 radical (unpaired) electrons. The highest BCUT2D eigenvalue weighted by atomic mass is 19.3. The zero-order chi connectivity index (χ0) is 18.3. The predicted molar refractivity (Wildman–Crippen MR) is 89.4 cm³/mol. The number of hydrogen-bond acceptors (Lipinski definition) is 4. The number of carbonyl (C=O) groups excluding carboxylic acids is 1. The van der Waals surface area contributed by atoms with Crippen molar-refractivity contribution in [3.8, 4) is 11.5 Å². The van der Waals surface area contributed by atoms with Gasteiger partial charge in [0, 0.05) is 5.56 Å². The molecule has 4 rings (SSSR count). The molecule has 8 heteroatoms. The summed E-state index contributed by atoms with van der Waals surface area (Å²) < 4.78 is 38.4. The second kappa shape index (κ2) is 6.29. The minimum Gasteiger partial charge on any atom is -0.454 e. The molecule has 0 unspecified atom stereocenters. The number of amides is 1. The van der Waals surface area contributed by atoms with Gasteiger partial charge in [-0.05, 0) is 37.3 Å². The highest BCUT2D eigenvalue weighted by molar-refractivity contribution is 5.95. The number of rotatable bonds is 4. The first kappa shape index (κ1) is 16.3. The van der Waals surface area contributed by atoms with Gasteiger partial charge >= 0.3 is 6.55 Å². The van der Waals surface area contributed by atoms with Gasteiger partial charge in [0.15, 0.2) is 11.5 Å². The van der Waals surface area contributed by atoms with E-state index in [1.807, 2.05) is 0 Å². The Kier molecular flexibility index (Phi) is 3.95. The predicted octanol–water partition coefficient (Wildman–Crippen LogP) is 3.65. The average Bonchev–Trinajstić information content (AvgIpc) is 3.25. The second-order valence-corrected chi connectivity index (χ2v) is 5.87. The molecular formula is C18H15F2N3O3. The van der Waals surface area contributed by atoms with Crippen molar-refractivity contribution < 1.29 is 23.0 Å². The molecule has 0 saturated heterocycles. The van der Waals surface area contributed by atoms with E-state index < -0.39 is 18.5 Å². The number of nitrogens with one attached hydrogen (secondary N) is 1. The highest BCUT2D eigenvalue weighted by Crippen LogP contribution is 2.33. The number of carbonyl (C=O) groups is 1. The Morgan fingerprint density at radius 2 is 1.96 bits per heavy atom. The van der Waals surface area contributed by atoms with Gasteiger partial charge in [-0.15, -0.1) is 0 Å². The van der Waals surface area contributed by atoms with Crippen LogP contribution in [0.2, 0.25) is 0 Å². The Balaban J connectivity index is 1.62. The average molecular weight is 359 g/mol. The number of imidazole rings is 1. The fraction of sp³-hybridized carbons (Fsp3) is 0.222. The number of hydrogen-bond donors (Lipinski definition) is 1. The monoisotopic (exact) mass is 359 g/mol. The molecule has 1 aliphatic heterocycles. The van der Waals surface area contributed by atoms with E-state index in [-0.39, 0.29) is 12.6 Å². The third kappa shape index (κ3) is 2.73. The number of aromatic nitrogens is 2. The minimum absolute atomic E-state index is 0.0929. The van der Waals surface area contributed by atoms with E-state index in [9.17, 15) is 13.6 Å². The molecule has 6 nitrogen and oxygen atoms in total. The highest BCUT2D eigenvalue weighted by Gasteiger charge is 2.24. The molecule has 0 bridgehead atoms. The van der Waals surface area contributed by atoms with Crippen molar-refractivity contribution in [3.63, 3.8) is 0 Å². The number of benzene rings is 2. The molecule has 1 N–H and O–H groups in total. The molecule has 1 aromatic heterocycles. The van der Waals surface area contributed by atoms with Crippen LogP contribution in [0.15, 0.2) is 42.5 Å². The number of para-hydroxylation sites is 2. The van der Waals surface area contributed by atoms with E-state index in [0.717, 1.165) is 4.57 Å². The van der Waals surface area contributed by atoms with Crippen molar-refractivity contribution in [1.29, 1.82) is 0 Å². The van der Waals surface area contributed by atoms with E-state index in [1.54, 1.807) is 49.4 Å². The molecule has 134 valence electrons. The lowest BCUT2D eigenvalue weighted by atomic mass is 10.1. The summed E-state index contributed by atoms with van der Waals surface area (Å²) in [6.07, 6.45) is 0. The van der Waals surface area contributed by atoms with Crippen molar-refractivity contribution in [2.45, 2.75) is 19.5 Å². The van der Waals surface area contributed by atoms with Crippen LogP contribution in [0.1, 0.15) is 35.7 Å². The summed E-state index contributed by atoms with van der Waals surface area (Å²) in [7, 11) is 0. The summed E-state index contributed by atoms with van der Waals surface area (Å²) in [4.78, 5) is 16.8. The van der Waals surface area contributed by atoms with Crippen molar-refractivity contribution >= 4 is 16.9 Å². The zero-order valence-electron chi connectivity index (χ0n) is 13.8. The molecular weight excluding hydrogens is 344 g/mol. The standard InChI is InChI=1S/C18H15F2N3O3/c1-10(16-22-12-4-2-3-5-13(12)23(16)18(19)20)21-17(24)11-6-7-14-15(8-11)26-9-25-14/h2-8,10,18H,9H2,1H3,(H,21,24)/t10-/m0/s1. The van der Waals surface area contributed by atoms with Gasteiger partial charge in [-0.3, -0.25) is 9.36 Å². The summed E-state index contributed by atoms with van der Waals surface area (Å²) in [5.74, 6) is 0.721. The van der Waals surface area contributed by atoms with Crippen LogP contribution in [0.25, 0.3) is 11.0 Å². The Bertz CT molecular complexity index is 987. The normalized spacial score (nSPS) is 14.0. The molecule has 0 fully saturated rings. The molecule has 3 aromatic rings. The summed E-state index contributed by atoms with van der Waals surface area (Å²) in [5.41, 5.74) is 1.12. The molecule has 26 heavy (non-hydrogen) atoms. The SMILES string of the molecule is C[C@H](NC(=O)c1ccc2c(c1)OCO2)c1nc2ccccc2n1C(F)F. The number of alkyl halides is 2. The van der Waals surface area contributed by atoms with Gasteiger partial charge in [0.2, 0.25) is 6.79 Å². The number of halogens is 2. The van der Waals surface area contributed by atoms with Crippen LogP contribution in [0.5, 0.6) is 11.5 Å². The van der Waals surface area contributed by atoms with Crippen molar-refractivity contribution in [2.24, 2.45) is 0 Å². The first-order valence-electron chi connectivity index (χ1n) is 8.00. The number of nitrogens with zero attached hydrogens (tertiary/aromatic N) is 2. The first-order valence-corrected chi connectivity index (χ1v) is 8.00. The van der Waals surface area contributed by atoms with Crippen LogP contribution < -0.4 is 14.8 Å². The summed E-state index contributed by atoms with van der Waals surface area (Å²) in [6.45, 7) is -1.04. The first-order chi connectivity index (χ1) is 12.5. The quantitative estimate of drug-likeness (QED) is 0.772. The van der Waals surface area contributed by atoms with Crippen LogP contribution in [-0.2, 0) is 0 Å². The van der Waals surface area contributed by atoms with Crippen molar-refractivity contribution in [2.75, 3.05) is 6.79 Å². The lowest BCUT2D eigenvalue weighted by molar-refractivity contribution is 0.0688. The van der Waals surface area contributed by atoms with Crippen LogP contribution in [0.3, 0.4) is 0 Å². The fourth-order valence-corrected chi connectivity index (χ4v) is 2.96. The van der Waals surface area contributed by atoms with Gasteiger partial charge in [-0.2, -0.15) is 8.78 Å². The van der Waals surface area contributed by atoms with Gasteiger partial charge in [0.1, 0.15) is 5.82 Å². The Morgan fingerprint density at radius 3 is 2.77 bits per heavy atom. The van der Waals surface area contributed by atoms with E-state index in [0.29, 0.717) is 28.1 Å². The summed E-state index contributed by atoms with van der Waals surface area (Å²) in [6, 6.07) is 10.7. The lowest BCUT2D eigenvalue weighted by Gasteiger charge is -2.16. The second-order valence-electron chi connectivity index (χ2n) is 5.87. The zero-order valence-corrected chi connectivity index (χ0v) is 13.8. The molecule has 2 aromatic carbocycles. The Labute approximate surface area is 147 Å². The maximum absolute atomic E-state index is 13.5. The van der Waals surface area contributed by atoms with Crippen molar-refractivity contribution in [3.05, 3.63) is 53.9 Å². The van der Waals surface area contributed by atoms with Gasteiger partial charge in [0.05, 0.1) is 17.1 Å². The summed E-state index contributed by atoms with van der Waals surface area (Å²) >= 11 is 0. The van der Waals surface area contributed by atoms with E-state index in [4.69, 9.17) is 9.47 Å². The van der Waals surface area contributed by atoms with Gasteiger partial charge in [0.25, 0.3) is 5.91 Å². The van der Waals surface area contributed by atoms with Crippen LogP contribution in [-0.4, -0.2) is 22.3 Å². The Hall–Kier alpha value is -3.16. The maximum Gasteiger partial charge on any atom is 0.320 e. The lowest BCUT2D eigenvalue weighted by Crippen LogP contribution is -2.28. The van der Waals surface area contributed by atoms with E-state index in [2.05, 4.69) is 10.3 Å². The molecule has 1 atom stereocenters. The smallest absolute Gasteiger partial charge is 0.320 e.